The molecule has 0 bridgehead atoms. The third-order valence-electron chi connectivity index (χ3n) is 5.67. The van der Waals surface area contributed by atoms with Crippen LogP contribution in [0, 0.1) is 12.8 Å². The minimum Gasteiger partial charge on any atom is -0.335 e. The van der Waals surface area contributed by atoms with E-state index in [0.29, 0.717) is 33.2 Å². The molecule has 1 amide bonds. The molecule has 0 saturated carbocycles. The summed E-state index contributed by atoms with van der Waals surface area (Å²) in [4.78, 5) is 25.8. The summed E-state index contributed by atoms with van der Waals surface area (Å²) in [5.41, 5.74) is 3.20. The van der Waals surface area contributed by atoms with Crippen molar-refractivity contribution in [2.75, 3.05) is 18.4 Å². The molecule has 7 nitrogen and oxygen atoms in total. The first-order chi connectivity index (χ1) is 15.1. The van der Waals surface area contributed by atoms with Gasteiger partial charge in [-0.2, -0.15) is 0 Å². The molecule has 9 heteroatoms. The highest BCUT2D eigenvalue weighted by Crippen LogP contribution is 2.30. The lowest BCUT2D eigenvalue weighted by Gasteiger charge is -2.29. The summed E-state index contributed by atoms with van der Waals surface area (Å²) < 4.78 is 5.37. The number of nitrogens with one attached hydrogen (secondary N) is 1. The zero-order valence-electron chi connectivity index (χ0n) is 17.4. The smallest absolute Gasteiger partial charge is 0.259 e. The zero-order valence-corrected chi connectivity index (χ0v) is 19.1. The Labute approximate surface area is 188 Å². The SMILES string of the molecule is Cc1noc2nc(-c3cccs3)cc(C(=O)Nc3nc(CN4CCC(C)CC4)cs3)c12. The maximum atomic E-state index is 13.2. The average Bonchev–Trinajstić information content (AvgIpc) is 3.51. The van der Waals surface area contributed by atoms with E-state index in [4.69, 9.17) is 4.52 Å². The number of thiophene rings is 1. The number of nitrogens with zero attached hydrogens (tertiary/aromatic N) is 4. The predicted molar refractivity (Wildman–Crippen MR) is 124 cm³/mol. The number of anilines is 1. The number of aromatic nitrogens is 3. The summed E-state index contributed by atoms with van der Waals surface area (Å²) in [6, 6.07) is 5.73. The zero-order chi connectivity index (χ0) is 21.4. The Kier molecular flexibility index (Phi) is 5.56. The molecular weight excluding hydrogens is 430 g/mol. The Hall–Kier alpha value is -2.62. The van der Waals surface area contributed by atoms with Gasteiger partial charge in [0.15, 0.2) is 5.13 Å². The first kappa shape index (κ1) is 20.3. The van der Waals surface area contributed by atoms with Gasteiger partial charge < -0.3 is 4.52 Å². The molecule has 0 unspecified atom stereocenters. The van der Waals surface area contributed by atoms with E-state index in [1.807, 2.05) is 29.8 Å². The van der Waals surface area contributed by atoms with E-state index in [1.165, 1.54) is 24.2 Å². The molecule has 4 aromatic rings. The highest BCUT2D eigenvalue weighted by Gasteiger charge is 2.21. The van der Waals surface area contributed by atoms with Crippen LogP contribution in [0.4, 0.5) is 5.13 Å². The number of hydrogen-bond acceptors (Lipinski definition) is 8. The van der Waals surface area contributed by atoms with Crippen molar-refractivity contribution in [3.8, 4) is 10.6 Å². The molecule has 4 aromatic heterocycles. The van der Waals surface area contributed by atoms with Crippen molar-refractivity contribution in [3.05, 3.63) is 45.9 Å². The molecule has 0 aliphatic carbocycles. The topological polar surface area (TPSA) is 84.1 Å². The molecule has 1 N–H and O–H groups in total. The highest BCUT2D eigenvalue weighted by atomic mass is 32.1. The Morgan fingerprint density at radius 3 is 2.90 bits per heavy atom. The van der Waals surface area contributed by atoms with E-state index in [2.05, 4.69) is 32.3 Å². The number of likely N-dealkylation sites (tertiary alicyclic amines) is 1. The number of carbonyl (C=O) groups is 1. The fourth-order valence-electron chi connectivity index (χ4n) is 3.88. The minimum atomic E-state index is -0.232. The molecule has 1 fully saturated rings. The molecule has 1 aliphatic rings. The second-order valence-electron chi connectivity index (χ2n) is 8.04. The second kappa shape index (κ2) is 8.49. The maximum absolute atomic E-state index is 13.2. The quantitative estimate of drug-likeness (QED) is 0.447. The van der Waals surface area contributed by atoms with Crippen molar-refractivity contribution in [1.82, 2.24) is 20.0 Å². The normalized spacial score (nSPS) is 15.5. The monoisotopic (exact) mass is 453 g/mol. The molecule has 5 rings (SSSR count). The van der Waals surface area contributed by atoms with E-state index < -0.39 is 0 Å². The number of rotatable bonds is 5. The van der Waals surface area contributed by atoms with Crippen LogP contribution in [0.25, 0.3) is 21.7 Å². The van der Waals surface area contributed by atoms with E-state index >= 15 is 0 Å². The van der Waals surface area contributed by atoms with Crippen LogP contribution in [0.3, 0.4) is 0 Å². The summed E-state index contributed by atoms with van der Waals surface area (Å²) in [6.07, 6.45) is 2.47. The van der Waals surface area contributed by atoms with Gasteiger partial charge >= 0.3 is 0 Å². The number of aryl methyl sites for hydroxylation is 1. The molecule has 5 heterocycles. The standard InChI is InChI=1S/C22H23N5O2S2/c1-13-5-7-27(8-6-13)11-15-12-31-22(23-15)25-20(28)16-10-17(18-4-3-9-30-18)24-21-19(16)14(2)26-29-21/h3-4,9-10,12-13H,5-8,11H2,1-2H3,(H,23,25,28). The van der Waals surface area contributed by atoms with Gasteiger partial charge in [-0.15, -0.1) is 22.7 Å². The van der Waals surface area contributed by atoms with Gasteiger partial charge in [-0.25, -0.2) is 9.97 Å². The van der Waals surface area contributed by atoms with Gasteiger partial charge in [0.2, 0.25) is 0 Å². The summed E-state index contributed by atoms with van der Waals surface area (Å²) in [5, 5.41) is 12.2. The molecule has 0 spiro atoms. The van der Waals surface area contributed by atoms with Crippen LogP contribution in [-0.2, 0) is 6.54 Å². The van der Waals surface area contributed by atoms with Gasteiger partial charge in [-0.05, 0) is 56.3 Å². The van der Waals surface area contributed by atoms with Gasteiger partial charge in [0.05, 0.1) is 32.9 Å². The Morgan fingerprint density at radius 1 is 1.29 bits per heavy atom. The molecule has 0 radical (unpaired) electrons. The molecule has 0 atom stereocenters. The van der Waals surface area contributed by atoms with Crippen molar-refractivity contribution >= 4 is 44.8 Å². The van der Waals surface area contributed by atoms with Crippen molar-refractivity contribution < 1.29 is 9.32 Å². The third-order valence-corrected chi connectivity index (χ3v) is 7.37. The summed E-state index contributed by atoms with van der Waals surface area (Å²) in [7, 11) is 0. The van der Waals surface area contributed by atoms with E-state index in [9.17, 15) is 4.79 Å². The average molecular weight is 454 g/mol. The van der Waals surface area contributed by atoms with Crippen molar-refractivity contribution in [2.24, 2.45) is 5.92 Å². The minimum absolute atomic E-state index is 0.232. The maximum Gasteiger partial charge on any atom is 0.259 e. The summed E-state index contributed by atoms with van der Waals surface area (Å²) >= 11 is 3.02. The fourth-order valence-corrected chi connectivity index (χ4v) is 5.26. The molecule has 160 valence electrons. The van der Waals surface area contributed by atoms with Gasteiger partial charge in [0.25, 0.3) is 11.6 Å². The molecule has 1 aliphatic heterocycles. The Bertz CT molecular complexity index is 1210. The van der Waals surface area contributed by atoms with E-state index in [1.54, 1.807) is 17.4 Å². The van der Waals surface area contributed by atoms with Crippen molar-refractivity contribution in [1.29, 1.82) is 0 Å². The van der Waals surface area contributed by atoms with Crippen LogP contribution in [0.5, 0.6) is 0 Å². The van der Waals surface area contributed by atoms with Crippen LogP contribution in [0.1, 0.15) is 41.5 Å². The Morgan fingerprint density at radius 2 is 2.13 bits per heavy atom. The summed E-state index contributed by atoms with van der Waals surface area (Å²) in [5.74, 6) is 0.572. The van der Waals surface area contributed by atoms with Crippen LogP contribution in [-0.4, -0.2) is 39.0 Å². The fraction of sp³-hybridized carbons (Fsp3) is 0.364. The predicted octanol–water partition coefficient (Wildman–Crippen LogP) is 5.20. The number of hydrogen-bond donors (Lipinski definition) is 1. The lowest BCUT2D eigenvalue weighted by atomic mass is 9.99. The van der Waals surface area contributed by atoms with Crippen LogP contribution < -0.4 is 5.32 Å². The largest absolute Gasteiger partial charge is 0.335 e. The lowest BCUT2D eigenvalue weighted by molar-refractivity contribution is 0.102. The van der Waals surface area contributed by atoms with Crippen LogP contribution in [0.15, 0.2) is 33.5 Å². The number of amides is 1. The number of thiazole rings is 1. The van der Waals surface area contributed by atoms with Gasteiger partial charge in [-0.3, -0.25) is 15.0 Å². The third kappa shape index (κ3) is 4.26. The van der Waals surface area contributed by atoms with Gasteiger partial charge in [-0.1, -0.05) is 18.1 Å². The number of carbonyl (C=O) groups excluding carboxylic acids is 1. The number of pyridine rings is 1. The first-order valence-electron chi connectivity index (χ1n) is 10.4. The first-order valence-corrected chi connectivity index (χ1v) is 12.1. The van der Waals surface area contributed by atoms with Gasteiger partial charge in [0, 0.05) is 11.9 Å². The molecular formula is C22H23N5O2S2. The van der Waals surface area contributed by atoms with Crippen molar-refractivity contribution in [2.45, 2.75) is 33.2 Å². The number of piperidine rings is 1. The van der Waals surface area contributed by atoms with Crippen molar-refractivity contribution in [3.63, 3.8) is 0 Å². The lowest BCUT2D eigenvalue weighted by Crippen LogP contribution is -2.32. The van der Waals surface area contributed by atoms with E-state index in [0.717, 1.165) is 36.1 Å². The second-order valence-corrected chi connectivity index (χ2v) is 9.84. The van der Waals surface area contributed by atoms with Crippen LogP contribution in [0.2, 0.25) is 0 Å². The number of fused-ring (bicyclic) bond motifs is 1. The van der Waals surface area contributed by atoms with Crippen LogP contribution >= 0.6 is 22.7 Å². The molecule has 31 heavy (non-hydrogen) atoms. The highest BCUT2D eigenvalue weighted by molar-refractivity contribution is 7.14. The summed E-state index contributed by atoms with van der Waals surface area (Å²) in [6.45, 7) is 7.16. The van der Waals surface area contributed by atoms with Gasteiger partial charge in [0.1, 0.15) is 0 Å². The molecule has 0 aromatic carbocycles. The Balaban J connectivity index is 1.37. The molecule has 1 saturated heterocycles. The van der Waals surface area contributed by atoms with E-state index in [-0.39, 0.29) is 5.91 Å².